The number of hydrogen-bond acceptors (Lipinski definition) is 8. The molecule has 2 aliphatic rings. The van der Waals surface area contributed by atoms with Gasteiger partial charge in [0.25, 0.3) is 11.6 Å². The number of benzene rings is 4. The maximum atomic E-state index is 13.7. The van der Waals surface area contributed by atoms with E-state index in [1.165, 1.54) is 35.4 Å². The minimum Gasteiger partial charge on any atom is -0.423 e. The zero-order valence-electron chi connectivity index (χ0n) is 21.1. The van der Waals surface area contributed by atoms with Crippen molar-refractivity contribution in [1.29, 1.82) is 0 Å². The van der Waals surface area contributed by atoms with Crippen molar-refractivity contribution < 1.29 is 33.3 Å². The maximum absolute atomic E-state index is 13.7. The van der Waals surface area contributed by atoms with Crippen molar-refractivity contribution >= 4 is 34.8 Å². The summed E-state index contributed by atoms with van der Waals surface area (Å²) in [7, 11) is 0. The van der Waals surface area contributed by atoms with Crippen molar-refractivity contribution in [2.45, 2.75) is 12.1 Å². The molecular weight excluding hydrogens is 533 g/mol. The lowest BCUT2D eigenvalue weighted by Gasteiger charge is -2.28. The van der Waals surface area contributed by atoms with E-state index in [1.807, 2.05) is 0 Å². The van der Waals surface area contributed by atoms with Gasteiger partial charge in [0.15, 0.2) is 6.10 Å². The quantitative estimate of drug-likeness (QED) is 0.108. The molecule has 6 rings (SSSR count). The average molecular weight is 554 g/mol. The van der Waals surface area contributed by atoms with Crippen LogP contribution in [0.15, 0.2) is 103 Å². The van der Waals surface area contributed by atoms with Crippen LogP contribution in [0.4, 0.5) is 21.5 Å². The number of amides is 2. The second kappa shape index (κ2) is 10.3. The van der Waals surface area contributed by atoms with Crippen LogP contribution >= 0.6 is 0 Å². The molecule has 4 aromatic carbocycles. The highest BCUT2D eigenvalue weighted by Crippen LogP contribution is 2.48. The van der Waals surface area contributed by atoms with Crippen molar-refractivity contribution in [3.63, 3.8) is 0 Å². The highest BCUT2D eigenvalue weighted by molar-refractivity contribution is 6.23. The Kier molecular flexibility index (Phi) is 6.48. The number of nitro groups is 1. The summed E-state index contributed by atoms with van der Waals surface area (Å²) in [4.78, 5) is 57.5. The second-order valence-electron chi connectivity index (χ2n) is 9.41. The smallest absolute Gasteiger partial charge is 0.343 e. The zero-order chi connectivity index (χ0) is 28.7. The van der Waals surface area contributed by atoms with Gasteiger partial charge in [-0.15, -0.1) is 0 Å². The zero-order valence-corrected chi connectivity index (χ0v) is 21.1. The van der Waals surface area contributed by atoms with Gasteiger partial charge in [-0.3, -0.25) is 24.5 Å². The van der Waals surface area contributed by atoms with Crippen LogP contribution in [0.5, 0.6) is 5.75 Å². The Balaban J connectivity index is 1.35. The highest BCUT2D eigenvalue weighted by atomic mass is 19.1. The molecular formula is C30H20FN3O7. The molecule has 0 bridgehead atoms. The summed E-state index contributed by atoms with van der Waals surface area (Å²) in [5.74, 6) is -3.05. The number of carbonyl (C=O) groups is 3. The van der Waals surface area contributed by atoms with Crippen molar-refractivity contribution in [2.75, 3.05) is 9.96 Å². The Morgan fingerprint density at radius 1 is 0.854 bits per heavy atom. The van der Waals surface area contributed by atoms with E-state index in [2.05, 4.69) is 0 Å². The first kappa shape index (κ1) is 25.8. The number of hydrogen-bond donors (Lipinski definition) is 0. The predicted molar refractivity (Wildman–Crippen MR) is 143 cm³/mol. The van der Waals surface area contributed by atoms with Gasteiger partial charge < -0.3 is 4.74 Å². The fourth-order valence-corrected chi connectivity index (χ4v) is 5.04. The number of nitrogens with zero attached hydrogens (tertiary/aromatic N) is 3. The third kappa shape index (κ3) is 4.68. The standard InChI is InChI=1S/C30H20FN3O7/c31-20-11-13-21(14-12-20)32-28(35)25-26(18-9-15-24(16-10-18)40-30(37)19-5-2-1-3-6-19)33(41-27(25)29(32)36)22-7-4-8-23(17-22)34(38)39/h1-17,25-27H/t25-,26-,27+/m1/s1. The molecule has 0 aliphatic carbocycles. The number of esters is 1. The van der Waals surface area contributed by atoms with Crippen LogP contribution in [-0.4, -0.2) is 28.8 Å². The van der Waals surface area contributed by atoms with Crippen LogP contribution in [-0.2, 0) is 14.4 Å². The Morgan fingerprint density at radius 3 is 2.24 bits per heavy atom. The number of anilines is 2. The molecule has 204 valence electrons. The molecule has 2 heterocycles. The van der Waals surface area contributed by atoms with Crippen LogP contribution in [0.25, 0.3) is 0 Å². The van der Waals surface area contributed by atoms with Crippen LogP contribution < -0.4 is 14.7 Å². The molecule has 2 aliphatic heterocycles. The summed E-state index contributed by atoms with van der Waals surface area (Å²) in [5, 5.41) is 12.8. The normalized spacial score (nSPS) is 19.8. The van der Waals surface area contributed by atoms with Crippen LogP contribution in [0.3, 0.4) is 0 Å². The largest absolute Gasteiger partial charge is 0.423 e. The first-order valence-corrected chi connectivity index (χ1v) is 12.5. The van der Waals surface area contributed by atoms with E-state index in [1.54, 1.807) is 60.7 Å². The van der Waals surface area contributed by atoms with Gasteiger partial charge in [-0.25, -0.2) is 19.1 Å². The van der Waals surface area contributed by atoms with Crippen LogP contribution in [0.2, 0.25) is 0 Å². The van der Waals surface area contributed by atoms with E-state index in [4.69, 9.17) is 9.57 Å². The van der Waals surface area contributed by atoms with Gasteiger partial charge in [0.05, 0.1) is 27.9 Å². The lowest BCUT2D eigenvalue weighted by Crippen LogP contribution is -2.37. The van der Waals surface area contributed by atoms with E-state index < -0.39 is 46.6 Å². The van der Waals surface area contributed by atoms with Gasteiger partial charge in [-0.1, -0.05) is 36.4 Å². The topological polar surface area (TPSA) is 119 Å². The lowest BCUT2D eigenvalue weighted by molar-refractivity contribution is -0.384. The minimum absolute atomic E-state index is 0.197. The number of fused-ring (bicyclic) bond motifs is 1. The Labute approximate surface area is 232 Å². The molecule has 0 saturated carbocycles. The highest BCUT2D eigenvalue weighted by Gasteiger charge is 2.60. The summed E-state index contributed by atoms with van der Waals surface area (Å²) in [6.45, 7) is 0. The van der Waals surface area contributed by atoms with E-state index >= 15 is 0 Å². The molecule has 0 N–H and O–H groups in total. The van der Waals surface area contributed by atoms with Crippen molar-refractivity contribution in [1.82, 2.24) is 0 Å². The van der Waals surface area contributed by atoms with E-state index in [-0.39, 0.29) is 22.8 Å². The molecule has 0 unspecified atom stereocenters. The number of ether oxygens (including phenoxy) is 1. The third-order valence-electron chi connectivity index (χ3n) is 6.94. The van der Waals surface area contributed by atoms with E-state index in [9.17, 15) is 28.9 Å². The molecule has 4 aromatic rings. The summed E-state index contributed by atoms with van der Waals surface area (Å²) >= 11 is 0. The number of nitro benzene ring substituents is 1. The number of hydroxylamine groups is 1. The molecule has 41 heavy (non-hydrogen) atoms. The maximum Gasteiger partial charge on any atom is 0.343 e. The number of carbonyl (C=O) groups excluding carboxylic acids is 3. The SMILES string of the molecule is O=C(Oc1ccc([C@@H]2[C@H]3C(=O)N(c4ccc(F)cc4)C(=O)[C@H]3ON2c2cccc([N+](=O)[O-])c2)cc1)c1ccccc1. The summed E-state index contributed by atoms with van der Waals surface area (Å²) in [6.07, 6.45) is -1.23. The number of rotatable bonds is 6. The average Bonchev–Trinajstić information content (AvgIpc) is 3.50. The van der Waals surface area contributed by atoms with Crippen LogP contribution in [0.1, 0.15) is 22.0 Å². The monoisotopic (exact) mass is 553 g/mol. The first-order chi connectivity index (χ1) is 19.8. The molecule has 11 heteroatoms. The Morgan fingerprint density at radius 2 is 1.56 bits per heavy atom. The molecule has 2 saturated heterocycles. The van der Waals surface area contributed by atoms with Gasteiger partial charge in [-0.05, 0) is 60.2 Å². The predicted octanol–water partition coefficient (Wildman–Crippen LogP) is 5.00. The molecule has 2 amide bonds. The number of non-ortho nitro benzene ring substituents is 1. The Hall–Kier alpha value is -5.42. The van der Waals surface area contributed by atoms with Gasteiger partial charge in [0.1, 0.15) is 17.5 Å². The molecule has 2 fully saturated rings. The van der Waals surface area contributed by atoms with E-state index in [0.29, 0.717) is 11.1 Å². The van der Waals surface area contributed by atoms with Gasteiger partial charge in [0, 0.05) is 12.1 Å². The van der Waals surface area contributed by atoms with Gasteiger partial charge in [0.2, 0.25) is 5.91 Å². The molecule has 0 spiro atoms. The fourth-order valence-electron chi connectivity index (χ4n) is 5.04. The summed E-state index contributed by atoms with van der Waals surface area (Å²) in [5.41, 5.74) is 1.17. The third-order valence-corrected chi connectivity index (χ3v) is 6.94. The molecule has 0 aromatic heterocycles. The van der Waals surface area contributed by atoms with Gasteiger partial charge >= 0.3 is 5.97 Å². The summed E-state index contributed by atoms with van der Waals surface area (Å²) in [6, 6.07) is 24.6. The molecule has 3 atom stereocenters. The number of halogens is 1. The number of imide groups is 1. The van der Waals surface area contributed by atoms with E-state index in [0.717, 1.165) is 17.0 Å². The lowest BCUT2D eigenvalue weighted by atomic mass is 9.90. The minimum atomic E-state index is -1.23. The van der Waals surface area contributed by atoms with Crippen molar-refractivity contribution in [3.8, 4) is 5.75 Å². The second-order valence-corrected chi connectivity index (χ2v) is 9.41. The van der Waals surface area contributed by atoms with Crippen molar-refractivity contribution in [3.05, 3.63) is 130 Å². The Bertz CT molecular complexity index is 1660. The molecule has 0 radical (unpaired) electrons. The summed E-state index contributed by atoms with van der Waals surface area (Å²) < 4.78 is 19.0. The first-order valence-electron chi connectivity index (χ1n) is 12.5. The van der Waals surface area contributed by atoms with Crippen LogP contribution in [0, 0.1) is 21.8 Å². The fraction of sp³-hybridized carbons (Fsp3) is 0.100. The van der Waals surface area contributed by atoms with Gasteiger partial charge in [-0.2, -0.15) is 0 Å². The van der Waals surface area contributed by atoms with Crippen molar-refractivity contribution in [2.24, 2.45) is 5.92 Å². The molecule has 10 nitrogen and oxygen atoms in total.